The Bertz CT molecular complexity index is 409. The lowest BCUT2D eigenvalue weighted by Crippen LogP contribution is -2.53. The van der Waals surface area contributed by atoms with Crippen molar-refractivity contribution in [3.05, 3.63) is 0 Å². The largest absolute Gasteiger partial charge is 0.391 e. The molecule has 0 unspecified atom stereocenters. The molecule has 1 saturated heterocycles. The van der Waals surface area contributed by atoms with Crippen LogP contribution in [0.15, 0.2) is 0 Å². The zero-order valence-electron chi connectivity index (χ0n) is 13.0. The van der Waals surface area contributed by atoms with E-state index in [1.54, 1.807) is 4.90 Å². The van der Waals surface area contributed by atoms with Crippen LogP contribution in [0.4, 0.5) is 4.79 Å². The van der Waals surface area contributed by atoms with Gasteiger partial charge < -0.3 is 15.3 Å². The van der Waals surface area contributed by atoms with Gasteiger partial charge in [-0.3, -0.25) is 0 Å². The summed E-state index contributed by atoms with van der Waals surface area (Å²) in [6.07, 6.45) is 5.02. The Balaban J connectivity index is 1.66. The molecular formula is C16H28N2O2. The molecule has 2 N–H and O–H groups in total. The first-order valence-corrected chi connectivity index (χ1v) is 8.08. The number of likely N-dealkylation sites (tertiary alicyclic amines) is 1. The highest BCUT2D eigenvalue weighted by atomic mass is 16.3. The molecule has 114 valence electrons. The van der Waals surface area contributed by atoms with Gasteiger partial charge in [-0.25, -0.2) is 4.79 Å². The fourth-order valence-electron chi connectivity index (χ4n) is 4.80. The second-order valence-electron chi connectivity index (χ2n) is 7.85. The van der Waals surface area contributed by atoms with E-state index < -0.39 is 0 Å². The van der Waals surface area contributed by atoms with Crippen molar-refractivity contribution in [2.75, 3.05) is 13.1 Å². The van der Waals surface area contributed by atoms with Gasteiger partial charge in [0.2, 0.25) is 0 Å². The fourth-order valence-corrected chi connectivity index (χ4v) is 4.80. The number of hydrogen-bond acceptors (Lipinski definition) is 2. The maximum absolute atomic E-state index is 12.4. The summed E-state index contributed by atoms with van der Waals surface area (Å²) in [5, 5.41) is 13.0. The average molecular weight is 280 g/mol. The zero-order chi connectivity index (χ0) is 14.5. The third-order valence-electron chi connectivity index (χ3n) is 6.78. The second kappa shape index (κ2) is 4.62. The van der Waals surface area contributed by atoms with Gasteiger partial charge in [0.15, 0.2) is 0 Å². The molecule has 3 aliphatic rings. The van der Waals surface area contributed by atoms with Gasteiger partial charge in [-0.2, -0.15) is 0 Å². The summed E-state index contributed by atoms with van der Waals surface area (Å²) in [7, 11) is 0. The Morgan fingerprint density at radius 1 is 1.30 bits per heavy atom. The molecule has 2 amide bonds. The van der Waals surface area contributed by atoms with Crippen molar-refractivity contribution in [3.63, 3.8) is 0 Å². The Labute approximate surface area is 121 Å². The minimum absolute atomic E-state index is 0.0262. The van der Waals surface area contributed by atoms with E-state index in [4.69, 9.17) is 0 Å². The number of aliphatic hydroxyl groups is 1. The number of aliphatic hydroxyl groups excluding tert-OH is 1. The van der Waals surface area contributed by atoms with Crippen LogP contribution in [-0.4, -0.2) is 41.3 Å². The molecule has 0 aromatic carbocycles. The van der Waals surface area contributed by atoms with Crippen LogP contribution >= 0.6 is 0 Å². The number of piperidine rings is 1. The van der Waals surface area contributed by atoms with Crippen LogP contribution in [0.3, 0.4) is 0 Å². The number of β-amino-alcohol motifs (C(OH)–C–C–N with tert-alkyl or cyclic N) is 1. The molecule has 2 bridgehead atoms. The first-order valence-electron chi connectivity index (χ1n) is 8.08. The number of hydrogen-bond donors (Lipinski definition) is 2. The molecule has 4 heteroatoms. The Kier molecular flexibility index (Phi) is 3.27. The van der Waals surface area contributed by atoms with Crippen molar-refractivity contribution in [1.29, 1.82) is 0 Å². The van der Waals surface area contributed by atoms with Crippen molar-refractivity contribution >= 4 is 6.03 Å². The van der Waals surface area contributed by atoms with E-state index in [2.05, 4.69) is 26.1 Å². The number of rotatable bonds is 1. The van der Waals surface area contributed by atoms with Crippen molar-refractivity contribution in [2.24, 2.45) is 16.7 Å². The standard InChI is InChI=1S/C16H28N2O2/c1-15(2)11-6-7-16(15,3)13(9-11)17-14(20)18-8-4-5-12(19)10-18/h11-13,19H,4-10H2,1-3H3,(H,17,20)/t11-,12-,13+,16-/m0/s1. The predicted octanol–water partition coefficient (Wildman–Crippen LogP) is 2.37. The van der Waals surface area contributed by atoms with Crippen LogP contribution in [0.25, 0.3) is 0 Å². The molecule has 3 rings (SSSR count). The molecule has 0 spiro atoms. The molecule has 1 heterocycles. The molecule has 4 nitrogen and oxygen atoms in total. The van der Waals surface area contributed by atoms with E-state index in [1.807, 2.05) is 0 Å². The van der Waals surface area contributed by atoms with Gasteiger partial charge in [0.05, 0.1) is 6.10 Å². The SMILES string of the molecule is CC1(C)[C@H]2CC[C@@]1(C)[C@H](NC(=O)N1CCC[C@H](O)C1)C2. The zero-order valence-corrected chi connectivity index (χ0v) is 13.0. The van der Waals surface area contributed by atoms with Crippen LogP contribution in [-0.2, 0) is 0 Å². The van der Waals surface area contributed by atoms with Gasteiger partial charge >= 0.3 is 6.03 Å². The normalized spacial score (nSPS) is 42.8. The first kappa shape index (κ1) is 14.2. The minimum atomic E-state index is -0.346. The van der Waals surface area contributed by atoms with E-state index in [0.717, 1.165) is 31.7 Å². The lowest BCUT2D eigenvalue weighted by molar-refractivity contribution is 0.0768. The number of carbonyl (C=O) groups excluding carboxylic acids is 1. The monoisotopic (exact) mass is 280 g/mol. The number of nitrogens with one attached hydrogen (secondary N) is 1. The molecule has 1 aliphatic heterocycles. The van der Waals surface area contributed by atoms with E-state index in [-0.39, 0.29) is 17.6 Å². The van der Waals surface area contributed by atoms with Crippen molar-refractivity contribution in [1.82, 2.24) is 10.2 Å². The minimum Gasteiger partial charge on any atom is -0.391 e. The average Bonchev–Trinajstić information content (AvgIpc) is 2.72. The highest BCUT2D eigenvalue weighted by Gasteiger charge is 2.61. The lowest BCUT2D eigenvalue weighted by Gasteiger charge is -2.40. The van der Waals surface area contributed by atoms with Crippen LogP contribution in [0.1, 0.15) is 52.9 Å². The highest BCUT2D eigenvalue weighted by Crippen LogP contribution is 2.65. The van der Waals surface area contributed by atoms with E-state index in [0.29, 0.717) is 18.0 Å². The molecule has 0 aromatic rings. The summed E-state index contributed by atoms with van der Waals surface area (Å²) in [4.78, 5) is 14.2. The fraction of sp³-hybridized carbons (Fsp3) is 0.938. The van der Waals surface area contributed by atoms with Crippen LogP contribution < -0.4 is 5.32 Å². The van der Waals surface area contributed by atoms with Gasteiger partial charge in [0.1, 0.15) is 0 Å². The quantitative estimate of drug-likeness (QED) is 0.775. The van der Waals surface area contributed by atoms with E-state index in [1.165, 1.54) is 12.8 Å². The number of nitrogens with zero attached hydrogens (tertiary/aromatic N) is 1. The van der Waals surface area contributed by atoms with Crippen molar-refractivity contribution in [3.8, 4) is 0 Å². The lowest BCUT2D eigenvalue weighted by atomic mass is 9.69. The molecule has 2 saturated carbocycles. The van der Waals surface area contributed by atoms with Crippen molar-refractivity contribution < 1.29 is 9.90 Å². The van der Waals surface area contributed by atoms with Gasteiger partial charge in [-0.1, -0.05) is 20.8 Å². The molecule has 0 radical (unpaired) electrons. The Morgan fingerprint density at radius 3 is 2.60 bits per heavy atom. The molecule has 20 heavy (non-hydrogen) atoms. The summed E-state index contributed by atoms with van der Waals surface area (Å²) in [5.74, 6) is 0.741. The topological polar surface area (TPSA) is 52.6 Å². The predicted molar refractivity (Wildman–Crippen MR) is 78.4 cm³/mol. The Morgan fingerprint density at radius 2 is 2.05 bits per heavy atom. The smallest absolute Gasteiger partial charge is 0.317 e. The molecule has 2 aliphatic carbocycles. The summed E-state index contributed by atoms with van der Waals surface area (Å²) >= 11 is 0. The maximum atomic E-state index is 12.4. The summed E-state index contributed by atoms with van der Waals surface area (Å²) in [5.41, 5.74) is 0.550. The van der Waals surface area contributed by atoms with E-state index in [9.17, 15) is 9.90 Å². The molecule has 0 aromatic heterocycles. The second-order valence-corrected chi connectivity index (χ2v) is 7.85. The number of carbonyl (C=O) groups is 1. The Hall–Kier alpha value is -0.770. The van der Waals surface area contributed by atoms with Gasteiger partial charge in [0.25, 0.3) is 0 Å². The number of amides is 2. The molecule has 4 atom stereocenters. The van der Waals surface area contributed by atoms with Crippen molar-refractivity contribution in [2.45, 2.75) is 65.0 Å². The maximum Gasteiger partial charge on any atom is 0.317 e. The third kappa shape index (κ3) is 1.95. The van der Waals surface area contributed by atoms with Gasteiger partial charge in [-0.15, -0.1) is 0 Å². The van der Waals surface area contributed by atoms with Crippen LogP contribution in [0.2, 0.25) is 0 Å². The third-order valence-corrected chi connectivity index (χ3v) is 6.78. The van der Waals surface area contributed by atoms with E-state index >= 15 is 0 Å². The molecular weight excluding hydrogens is 252 g/mol. The first-order chi connectivity index (χ1) is 9.34. The summed E-state index contributed by atoms with van der Waals surface area (Å²) < 4.78 is 0. The van der Waals surface area contributed by atoms with Crippen LogP contribution in [0.5, 0.6) is 0 Å². The highest BCUT2D eigenvalue weighted by molar-refractivity contribution is 5.75. The van der Waals surface area contributed by atoms with Crippen LogP contribution in [0, 0.1) is 16.7 Å². The number of urea groups is 1. The van der Waals surface area contributed by atoms with Gasteiger partial charge in [-0.05, 0) is 48.9 Å². The summed E-state index contributed by atoms with van der Waals surface area (Å²) in [6.45, 7) is 8.33. The number of fused-ring (bicyclic) bond motifs is 2. The molecule has 3 fully saturated rings. The summed E-state index contributed by atoms with van der Waals surface area (Å²) in [6, 6.07) is 0.321. The van der Waals surface area contributed by atoms with Gasteiger partial charge in [0, 0.05) is 19.1 Å².